The van der Waals surface area contributed by atoms with Crippen LogP contribution in [0.15, 0.2) is 66.9 Å². The van der Waals surface area contributed by atoms with Crippen LogP contribution in [0.25, 0.3) is 32.9 Å². The number of hydrogen-bond acceptors (Lipinski definition) is 8. The number of ether oxygens (including phenoxy) is 2. The molecule has 1 unspecified atom stereocenters. The summed E-state index contributed by atoms with van der Waals surface area (Å²) in [5, 5.41) is 1.24. The van der Waals surface area contributed by atoms with Gasteiger partial charge in [0, 0.05) is 30.2 Å². The van der Waals surface area contributed by atoms with Crippen LogP contribution in [-0.4, -0.2) is 64.1 Å². The third-order valence-corrected chi connectivity index (χ3v) is 10.1. The van der Waals surface area contributed by atoms with Gasteiger partial charge in [0.2, 0.25) is 0 Å². The Morgan fingerprint density at radius 3 is 2.48 bits per heavy atom. The second kappa shape index (κ2) is 12.4. The number of benzene rings is 3. The summed E-state index contributed by atoms with van der Waals surface area (Å²) in [6, 6.07) is 15.7. The Morgan fingerprint density at radius 2 is 1.67 bits per heavy atom. The van der Waals surface area contributed by atoms with Gasteiger partial charge in [-0.3, -0.25) is 14.7 Å². The molecule has 0 amide bonds. The van der Waals surface area contributed by atoms with E-state index >= 15 is 8.78 Å². The standard InChI is InChI=1S/C37H34F3N5O3/c38-27-12-1-2-14-29(27)48-35(46)24-10-5-17-44(21-24)34-26-20-41-32(25-11-3-8-23-9-4-13-28(39)30(23)25)31(40)33(26)42-36(43-34)47-22-37-15-6-18-45(37)19-7-16-37/h1-4,8-9,11-14,20,24H,5-7,10,15-19,21-22H2. The first-order chi connectivity index (χ1) is 23.4. The van der Waals surface area contributed by atoms with Crippen molar-refractivity contribution < 1.29 is 27.4 Å². The molecule has 3 fully saturated rings. The summed E-state index contributed by atoms with van der Waals surface area (Å²) in [5.41, 5.74) is 0.188. The van der Waals surface area contributed by atoms with Crippen molar-refractivity contribution in [2.75, 3.05) is 37.7 Å². The molecular formula is C37H34F3N5O3. The minimum Gasteiger partial charge on any atom is -0.461 e. The molecule has 3 aliphatic heterocycles. The second-order valence-electron chi connectivity index (χ2n) is 13.0. The molecule has 8 rings (SSSR count). The van der Waals surface area contributed by atoms with Crippen molar-refractivity contribution in [1.29, 1.82) is 0 Å². The number of esters is 1. The van der Waals surface area contributed by atoms with Crippen LogP contribution in [0.3, 0.4) is 0 Å². The van der Waals surface area contributed by atoms with E-state index in [0.29, 0.717) is 48.1 Å². The highest BCUT2D eigenvalue weighted by atomic mass is 19.1. The Morgan fingerprint density at radius 1 is 0.896 bits per heavy atom. The molecule has 0 aliphatic carbocycles. The molecule has 0 bridgehead atoms. The third kappa shape index (κ3) is 5.39. The van der Waals surface area contributed by atoms with E-state index in [4.69, 9.17) is 14.5 Å². The fourth-order valence-corrected chi connectivity index (χ4v) is 7.75. The maximum Gasteiger partial charge on any atom is 0.319 e. The molecule has 0 N–H and O–H groups in total. The number of rotatable bonds is 7. The van der Waals surface area contributed by atoms with Crippen molar-refractivity contribution in [3.63, 3.8) is 0 Å². The number of aromatic nitrogens is 3. The molecule has 8 nitrogen and oxygen atoms in total. The normalized spacial score (nSPS) is 19.1. The predicted molar refractivity (Wildman–Crippen MR) is 175 cm³/mol. The second-order valence-corrected chi connectivity index (χ2v) is 13.0. The van der Waals surface area contributed by atoms with E-state index in [1.165, 1.54) is 30.5 Å². The summed E-state index contributed by atoms with van der Waals surface area (Å²) >= 11 is 0. The number of anilines is 1. The van der Waals surface area contributed by atoms with Gasteiger partial charge in [-0.05, 0) is 75.2 Å². The largest absolute Gasteiger partial charge is 0.461 e. The van der Waals surface area contributed by atoms with Crippen molar-refractivity contribution in [1.82, 2.24) is 19.9 Å². The van der Waals surface area contributed by atoms with Crippen molar-refractivity contribution in [2.24, 2.45) is 5.92 Å². The molecule has 3 aliphatic rings. The van der Waals surface area contributed by atoms with Gasteiger partial charge in [0.25, 0.3) is 0 Å². The quantitative estimate of drug-likeness (QED) is 0.136. The lowest BCUT2D eigenvalue weighted by Crippen LogP contribution is -2.43. The number of nitrogens with zero attached hydrogens (tertiary/aromatic N) is 5. The Labute approximate surface area is 275 Å². The molecular weight excluding hydrogens is 619 g/mol. The van der Waals surface area contributed by atoms with E-state index in [2.05, 4.69) is 14.9 Å². The van der Waals surface area contributed by atoms with Crippen molar-refractivity contribution in [3.8, 4) is 23.0 Å². The summed E-state index contributed by atoms with van der Waals surface area (Å²) in [6.07, 6.45) is 6.88. The van der Waals surface area contributed by atoms with E-state index in [-0.39, 0.29) is 40.4 Å². The molecule has 1 atom stereocenters. The van der Waals surface area contributed by atoms with Gasteiger partial charge in [0.05, 0.1) is 16.8 Å². The monoisotopic (exact) mass is 653 g/mol. The van der Waals surface area contributed by atoms with E-state index in [1.807, 2.05) is 4.90 Å². The molecule has 0 radical (unpaired) electrons. The van der Waals surface area contributed by atoms with Crippen molar-refractivity contribution >= 4 is 33.5 Å². The molecule has 246 valence electrons. The maximum absolute atomic E-state index is 16.7. The minimum atomic E-state index is -0.717. The van der Waals surface area contributed by atoms with Gasteiger partial charge in [-0.1, -0.05) is 42.5 Å². The highest BCUT2D eigenvalue weighted by molar-refractivity contribution is 5.99. The Balaban J connectivity index is 1.18. The lowest BCUT2D eigenvalue weighted by atomic mass is 9.95. The Hall–Kier alpha value is -4.77. The van der Waals surface area contributed by atoms with Gasteiger partial charge >= 0.3 is 12.0 Å². The number of carbonyl (C=O) groups excluding carboxylic acids is 1. The topological polar surface area (TPSA) is 80.7 Å². The van der Waals surface area contributed by atoms with Gasteiger partial charge in [-0.2, -0.15) is 9.97 Å². The highest BCUT2D eigenvalue weighted by Crippen LogP contribution is 2.40. The van der Waals surface area contributed by atoms with Gasteiger partial charge in [-0.25, -0.2) is 13.2 Å². The molecule has 5 heterocycles. The van der Waals surface area contributed by atoms with Gasteiger partial charge in [0.15, 0.2) is 17.4 Å². The first-order valence-corrected chi connectivity index (χ1v) is 16.5. The highest BCUT2D eigenvalue weighted by Gasteiger charge is 2.45. The summed E-state index contributed by atoms with van der Waals surface area (Å²) in [6.45, 7) is 3.18. The minimum absolute atomic E-state index is 0.00315. The van der Waals surface area contributed by atoms with Crippen LogP contribution in [0.5, 0.6) is 11.8 Å². The first-order valence-electron chi connectivity index (χ1n) is 16.5. The van der Waals surface area contributed by atoms with Crippen LogP contribution >= 0.6 is 0 Å². The molecule has 0 saturated carbocycles. The first kappa shape index (κ1) is 30.6. The van der Waals surface area contributed by atoms with Crippen LogP contribution in [0.2, 0.25) is 0 Å². The number of piperidine rings is 1. The van der Waals surface area contributed by atoms with E-state index in [9.17, 15) is 9.18 Å². The lowest BCUT2D eigenvalue weighted by molar-refractivity contribution is -0.139. The van der Waals surface area contributed by atoms with Gasteiger partial charge in [0.1, 0.15) is 29.5 Å². The van der Waals surface area contributed by atoms with Crippen molar-refractivity contribution in [2.45, 2.75) is 44.1 Å². The van der Waals surface area contributed by atoms with Crippen LogP contribution in [0, 0.1) is 23.4 Å². The average molecular weight is 654 g/mol. The summed E-state index contributed by atoms with van der Waals surface area (Å²) in [4.78, 5) is 31.4. The number of hydrogen-bond donors (Lipinski definition) is 0. The van der Waals surface area contributed by atoms with E-state index < -0.39 is 29.3 Å². The number of halogens is 3. The number of fused-ring (bicyclic) bond motifs is 3. The average Bonchev–Trinajstić information content (AvgIpc) is 3.69. The molecule has 11 heteroatoms. The van der Waals surface area contributed by atoms with Crippen LogP contribution in [0.1, 0.15) is 38.5 Å². The number of carbonyl (C=O) groups is 1. The van der Waals surface area contributed by atoms with Crippen LogP contribution in [-0.2, 0) is 4.79 Å². The maximum atomic E-state index is 16.7. The summed E-state index contributed by atoms with van der Waals surface area (Å²) < 4.78 is 57.8. The molecule has 3 saturated heterocycles. The number of pyridine rings is 1. The fourth-order valence-electron chi connectivity index (χ4n) is 7.75. The van der Waals surface area contributed by atoms with E-state index in [1.54, 1.807) is 36.4 Å². The molecule has 0 spiro atoms. The number of para-hydroxylation sites is 1. The van der Waals surface area contributed by atoms with Gasteiger partial charge in [-0.15, -0.1) is 0 Å². The molecule has 5 aromatic rings. The zero-order valence-corrected chi connectivity index (χ0v) is 26.3. The SMILES string of the molecule is O=C(Oc1ccccc1F)C1CCCN(c2nc(OCC34CCCN3CCC4)nc3c(F)c(-c4cccc5cccc(F)c45)ncc23)C1. The van der Waals surface area contributed by atoms with Crippen LogP contribution < -0.4 is 14.4 Å². The Kier molecular flexibility index (Phi) is 7.86. The Bertz CT molecular complexity index is 2030. The van der Waals surface area contributed by atoms with Gasteiger partial charge < -0.3 is 14.4 Å². The fraction of sp³-hybridized carbons (Fsp3) is 0.351. The zero-order chi connectivity index (χ0) is 32.8. The summed E-state index contributed by atoms with van der Waals surface area (Å²) in [7, 11) is 0. The molecule has 2 aromatic heterocycles. The predicted octanol–water partition coefficient (Wildman–Crippen LogP) is 7.09. The van der Waals surface area contributed by atoms with Crippen molar-refractivity contribution in [3.05, 3.63) is 84.3 Å². The van der Waals surface area contributed by atoms with E-state index in [0.717, 1.165) is 38.8 Å². The summed E-state index contributed by atoms with van der Waals surface area (Å²) in [5.74, 6) is -2.68. The molecule has 48 heavy (non-hydrogen) atoms. The van der Waals surface area contributed by atoms with Crippen LogP contribution in [0.4, 0.5) is 19.0 Å². The smallest absolute Gasteiger partial charge is 0.319 e. The molecule has 3 aromatic carbocycles. The lowest BCUT2D eigenvalue weighted by Gasteiger charge is -2.33. The third-order valence-electron chi connectivity index (χ3n) is 10.1. The zero-order valence-electron chi connectivity index (χ0n) is 26.3.